The van der Waals surface area contributed by atoms with Gasteiger partial charge in [-0.25, -0.2) is 4.79 Å². The van der Waals surface area contributed by atoms with Gasteiger partial charge in [0.1, 0.15) is 55.9 Å². The van der Waals surface area contributed by atoms with Crippen molar-refractivity contribution in [1.82, 2.24) is 0 Å². The normalized spacial score (nSPS) is 27.0. The van der Waals surface area contributed by atoms with Gasteiger partial charge in [-0.15, -0.1) is 0 Å². The quantitative estimate of drug-likeness (QED) is 0.114. The average molecular weight is 801 g/mol. The fourth-order valence-electron chi connectivity index (χ4n) is 6.60. The van der Waals surface area contributed by atoms with E-state index in [1.165, 1.54) is 13.8 Å². The van der Waals surface area contributed by atoms with Gasteiger partial charge < -0.3 is 52.8 Å². The van der Waals surface area contributed by atoms with E-state index in [-0.39, 0.29) is 38.6 Å². The van der Waals surface area contributed by atoms with Crippen LogP contribution in [0.2, 0.25) is 0 Å². The Balaban J connectivity index is 1.31. The molecule has 2 N–H and O–H groups in total. The minimum atomic E-state index is -1.73. The molecule has 2 aliphatic heterocycles. The molecular weight excluding hydrogens is 752 g/mol. The molecule has 14 heteroatoms. The number of rotatable bonds is 17. The SMILES string of the molecule is CC(=O)OC[C@H]1O[C@H](O[C@H]2O[C@H](COC(C)=O)[C@@H](OCc3ccccc3)[C@H](OC(=O)c3ccccc3)[C@H]2O)[C@H](OCc2ccccc2)[C@@H](O)[C@@H]1OCc1ccccc1. The summed E-state index contributed by atoms with van der Waals surface area (Å²) in [5, 5.41) is 24.0. The second-order valence-corrected chi connectivity index (χ2v) is 13.8. The van der Waals surface area contributed by atoms with Gasteiger partial charge in [0.25, 0.3) is 0 Å². The zero-order valence-electron chi connectivity index (χ0n) is 32.1. The van der Waals surface area contributed by atoms with E-state index in [0.717, 1.165) is 16.7 Å². The van der Waals surface area contributed by atoms with E-state index in [1.54, 1.807) is 30.3 Å². The number of esters is 3. The predicted octanol–water partition coefficient (Wildman–Crippen LogP) is 4.28. The first-order valence-electron chi connectivity index (χ1n) is 19.0. The molecule has 0 amide bonds. The van der Waals surface area contributed by atoms with Gasteiger partial charge in [0.05, 0.1) is 25.4 Å². The first-order valence-corrected chi connectivity index (χ1v) is 19.0. The summed E-state index contributed by atoms with van der Waals surface area (Å²) < 4.78 is 54.5. The van der Waals surface area contributed by atoms with E-state index in [1.807, 2.05) is 91.0 Å². The lowest BCUT2D eigenvalue weighted by molar-refractivity contribution is -0.384. The van der Waals surface area contributed by atoms with Gasteiger partial charge in [-0.2, -0.15) is 0 Å². The van der Waals surface area contributed by atoms with Crippen LogP contribution in [0, 0.1) is 0 Å². The van der Waals surface area contributed by atoms with Gasteiger partial charge >= 0.3 is 17.9 Å². The van der Waals surface area contributed by atoms with Crippen molar-refractivity contribution in [2.75, 3.05) is 13.2 Å². The number of aliphatic hydroxyl groups is 2. The van der Waals surface area contributed by atoms with Crippen molar-refractivity contribution in [3.05, 3.63) is 144 Å². The molecule has 58 heavy (non-hydrogen) atoms. The first-order chi connectivity index (χ1) is 28.2. The molecule has 10 atom stereocenters. The van der Waals surface area contributed by atoms with E-state index < -0.39 is 79.3 Å². The molecule has 4 aromatic carbocycles. The topological polar surface area (TPSA) is 175 Å². The molecule has 0 bridgehead atoms. The lowest BCUT2D eigenvalue weighted by Crippen LogP contribution is -2.65. The monoisotopic (exact) mass is 800 g/mol. The number of benzene rings is 4. The van der Waals surface area contributed by atoms with Gasteiger partial charge in [0, 0.05) is 13.8 Å². The van der Waals surface area contributed by atoms with E-state index >= 15 is 0 Å². The van der Waals surface area contributed by atoms with E-state index in [4.69, 9.17) is 42.6 Å². The summed E-state index contributed by atoms with van der Waals surface area (Å²) in [4.78, 5) is 37.6. The molecule has 14 nitrogen and oxygen atoms in total. The van der Waals surface area contributed by atoms with Crippen LogP contribution < -0.4 is 0 Å². The van der Waals surface area contributed by atoms with Crippen LogP contribution in [0.4, 0.5) is 0 Å². The molecular formula is C44H48O14. The van der Waals surface area contributed by atoms with Crippen LogP contribution in [0.25, 0.3) is 0 Å². The van der Waals surface area contributed by atoms with E-state index in [2.05, 4.69) is 0 Å². The predicted molar refractivity (Wildman–Crippen MR) is 204 cm³/mol. The standard InChI is InChI=1S/C44H48O14/c1-28(45)50-26-34-38(52-23-30-15-7-3-8-16-30)36(47)41(54-25-32-19-11-5-12-20-32)44(56-34)58-43-37(48)40(57-42(49)33-21-13-6-14-22-33)39(35(55-43)27-51-29(2)46)53-24-31-17-9-4-10-18-31/h3-22,34-41,43-44,47-48H,23-27H2,1-2H3/t34-,35-,36+,37-,38-,39-,40-,41-,43-,44-/m1/s1. The molecule has 2 aliphatic rings. The maximum absolute atomic E-state index is 13.5. The lowest BCUT2D eigenvalue weighted by Gasteiger charge is -2.47. The summed E-state index contributed by atoms with van der Waals surface area (Å²) in [5.74, 6) is -1.98. The van der Waals surface area contributed by atoms with Crippen molar-refractivity contribution in [2.45, 2.75) is 95.1 Å². The Bertz CT molecular complexity index is 1860. The van der Waals surface area contributed by atoms with Crippen LogP contribution in [-0.2, 0) is 72.0 Å². The fourth-order valence-corrected chi connectivity index (χ4v) is 6.60. The highest BCUT2D eigenvalue weighted by molar-refractivity contribution is 5.89. The summed E-state index contributed by atoms with van der Waals surface area (Å²) in [6.07, 6.45) is -13.5. The zero-order valence-corrected chi connectivity index (χ0v) is 32.1. The van der Waals surface area contributed by atoms with Crippen molar-refractivity contribution >= 4 is 17.9 Å². The number of hydrogen-bond acceptors (Lipinski definition) is 14. The third kappa shape index (κ3) is 11.8. The molecule has 2 fully saturated rings. The maximum Gasteiger partial charge on any atom is 0.338 e. The molecule has 0 spiro atoms. The Labute approximate surface area is 336 Å². The Morgan fingerprint density at radius 2 is 0.931 bits per heavy atom. The summed E-state index contributed by atoms with van der Waals surface area (Å²) in [6.45, 7) is 1.90. The number of carbonyl (C=O) groups is 3. The van der Waals surface area contributed by atoms with E-state index in [0.29, 0.717) is 0 Å². The highest BCUT2D eigenvalue weighted by Gasteiger charge is 2.54. The van der Waals surface area contributed by atoms with Crippen molar-refractivity contribution in [1.29, 1.82) is 0 Å². The van der Waals surface area contributed by atoms with Crippen LogP contribution in [0.5, 0.6) is 0 Å². The number of carbonyl (C=O) groups excluding carboxylic acids is 3. The summed E-state index contributed by atoms with van der Waals surface area (Å²) in [5.41, 5.74) is 2.58. The summed E-state index contributed by atoms with van der Waals surface area (Å²) in [7, 11) is 0. The van der Waals surface area contributed by atoms with Gasteiger partial charge in [0.15, 0.2) is 18.7 Å². The van der Waals surface area contributed by atoms with Crippen LogP contribution in [0.3, 0.4) is 0 Å². The average Bonchev–Trinajstić information content (AvgIpc) is 3.24. The second kappa shape index (κ2) is 21.1. The fraction of sp³-hybridized carbons (Fsp3) is 0.386. The van der Waals surface area contributed by atoms with Crippen molar-refractivity contribution in [2.24, 2.45) is 0 Å². The molecule has 2 saturated heterocycles. The Morgan fingerprint density at radius 1 is 0.517 bits per heavy atom. The number of ether oxygens (including phenoxy) is 9. The molecule has 4 aromatic rings. The summed E-state index contributed by atoms with van der Waals surface area (Å²) in [6, 6.07) is 35.9. The van der Waals surface area contributed by atoms with Gasteiger partial charge in [-0.1, -0.05) is 109 Å². The molecule has 2 heterocycles. The van der Waals surface area contributed by atoms with E-state index in [9.17, 15) is 24.6 Å². The van der Waals surface area contributed by atoms with Crippen LogP contribution in [0.1, 0.15) is 40.9 Å². The van der Waals surface area contributed by atoms with Crippen molar-refractivity contribution < 1.29 is 67.2 Å². The second-order valence-electron chi connectivity index (χ2n) is 13.8. The minimum Gasteiger partial charge on any atom is -0.463 e. The number of hydrogen-bond donors (Lipinski definition) is 2. The Hall–Kier alpha value is -5.03. The molecule has 0 unspecified atom stereocenters. The molecule has 0 aromatic heterocycles. The highest BCUT2D eigenvalue weighted by atomic mass is 16.8. The third-order valence-electron chi connectivity index (χ3n) is 9.51. The molecule has 6 rings (SSSR count). The maximum atomic E-state index is 13.5. The molecule has 0 saturated carbocycles. The Kier molecular flexibility index (Phi) is 15.5. The minimum absolute atomic E-state index is 0.0155. The van der Waals surface area contributed by atoms with Gasteiger partial charge in [-0.3, -0.25) is 9.59 Å². The van der Waals surface area contributed by atoms with Crippen LogP contribution in [0.15, 0.2) is 121 Å². The summed E-state index contributed by atoms with van der Waals surface area (Å²) >= 11 is 0. The van der Waals surface area contributed by atoms with Crippen LogP contribution in [-0.4, -0.2) is 103 Å². The third-order valence-corrected chi connectivity index (χ3v) is 9.51. The first kappa shape index (κ1) is 42.6. The largest absolute Gasteiger partial charge is 0.463 e. The lowest BCUT2D eigenvalue weighted by atomic mass is 9.97. The Morgan fingerprint density at radius 3 is 1.41 bits per heavy atom. The molecule has 0 aliphatic carbocycles. The molecule has 308 valence electrons. The van der Waals surface area contributed by atoms with Crippen molar-refractivity contribution in [3.8, 4) is 0 Å². The smallest absolute Gasteiger partial charge is 0.338 e. The van der Waals surface area contributed by atoms with Crippen molar-refractivity contribution in [3.63, 3.8) is 0 Å². The van der Waals surface area contributed by atoms with Gasteiger partial charge in [0.2, 0.25) is 0 Å². The highest BCUT2D eigenvalue weighted by Crippen LogP contribution is 2.34. The zero-order chi connectivity index (χ0) is 40.9. The number of aliphatic hydroxyl groups excluding tert-OH is 2. The van der Waals surface area contributed by atoms with Crippen LogP contribution >= 0.6 is 0 Å². The van der Waals surface area contributed by atoms with Gasteiger partial charge in [-0.05, 0) is 28.8 Å². The molecule has 0 radical (unpaired) electrons.